The summed E-state index contributed by atoms with van der Waals surface area (Å²) in [6.07, 6.45) is 0. The van der Waals surface area contributed by atoms with E-state index in [1.165, 1.54) is 0 Å². The van der Waals surface area contributed by atoms with Crippen molar-refractivity contribution in [2.75, 3.05) is 19.6 Å². The van der Waals surface area contributed by atoms with Crippen LogP contribution in [0, 0.1) is 0 Å². The minimum Gasteiger partial charge on any atom is -0.332 e. The third-order valence-electron chi connectivity index (χ3n) is 5.14. The van der Waals surface area contributed by atoms with E-state index in [4.69, 9.17) is 11.6 Å². The fourth-order valence-corrected chi connectivity index (χ4v) is 3.96. The molecule has 0 spiro atoms. The summed E-state index contributed by atoms with van der Waals surface area (Å²) in [5.41, 5.74) is 2.40. The number of carbonyl (C=O) groups excluding carboxylic acids is 1. The van der Waals surface area contributed by atoms with Gasteiger partial charge in [-0.2, -0.15) is 0 Å². The van der Waals surface area contributed by atoms with Gasteiger partial charge in [-0.1, -0.05) is 35.9 Å². The highest BCUT2D eigenvalue weighted by molar-refractivity contribution is 6.30. The van der Waals surface area contributed by atoms with E-state index in [-0.39, 0.29) is 24.2 Å². The van der Waals surface area contributed by atoms with Gasteiger partial charge in [0.15, 0.2) is 0 Å². The van der Waals surface area contributed by atoms with E-state index in [0.717, 1.165) is 23.1 Å². The van der Waals surface area contributed by atoms with Crippen molar-refractivity contribution in [3.8, 4) is 0 Å². The summed E-state index contributed by atoms with van der Waals surface area (Å²) in [5.74, 6) is -0.0695. The second-order valence-electron chi connectivity index (χ2n) is 6.78. The molecule has 1 unspecified atom stereocenters. The molecule has 1 aliphatic rings. The van der Waals surface area contributed by atoms with Crippen LogP contribution >= 0.6 is 11.6 Å². The zero-order valence-corrected chi connectivity index (χ0v) is 15.8. The standard InChI is InChI=1S/C20H21ClN4O2/c1-23-16-7-2-3-8-17(16)25(20(23)27)13-19(26)24-10-9-22-12-18(24)14-5-4-6-15(21)11-14/h2-8,11,18,22H,9-10,12-13H2,1H3. The van der Waals surface area contributed by atoms with Gasteiger partial charge in [0.25, 0.3) is 0 Å². The number of piperazine rings is 1. The molecule has 0 radical (unpaired) electrons. The second-order valence-corrected chi connectivity index (χ2v) is 7.21. The number of para-hydroxylation sites is 2. The first-order chi connectivity index (χ1) is 13.1. The van der Waals surface area contributed by atoms with Crippen molar-refractivity contribution in [3.63, 3.8) is 0 Å². The molecule has 1 N–H and O–H groups in total. The lowest BCUT2D eigenvalue weighted by molar-refractivity contribution is -0.135. The molecule has 1 fully saturated rings. The Bertz CT molecular complexity index is 1060. The lowest BCUT2D eigenvalue weighted by Gasteiger charge is -2.36. The number of aromatic nitrogens is 2. The molecule has 1 amide bonds. The van der Waals surface area contributed by atoms with Crippen LogP contribution in [-0.2, 0) is 18.4 Å². The predicted octanol–water partition coefficient (Wildman–Crippen LogP) is 2.17. The van der Waals surface area contributed by atoms with E-state index in [2.05, 4.69) is 5.32 Å². The number of rotatable bonds is 3. The highest BCUT2D eigenvalue weighted by Crippen LogP contribution is 2.25. The van der Waals surface area contributed by atoms with E-state index < -0.39 is 0 Å². The third-order valence-corrected chi connectivity index (χ3v) is 5.38. The Morgan fingerprint density at radius 1 is 1.19 bits per heavy atom. The molecule has 0 aliphatic carbocycles. The third kappa shape index (κ3) is 3.26. The highest BCUT2D eigenvalue weighted by atomic mass is 35.5. The molecule has 7 heteroatoms. The van der Waals surface area contributed by atoms with E-state index in [1.807, 2.05) is 53.4 Å². The van der Waals surface area contributed by atoms with Crippen LogP contribution in [0.2, 0.25) is 5.02 Å². The lowest BCUT2D eigenvalue weighted by Crippen LogP contribution is -2.50. The first kappa shape index (κ1) is 17.8. The van der Waals surface area contributed by atoms with Crippen molar-refractivity contribution in [2.24, 2.45) is 7.05 Å². The zero-order valence-electron chi connectivity index (χ0n) is 15.1. The van der Waals surface area contributed by atoms with Gasteiger partial charge in [-0.25, -0.2) is 4.79 Å². The van der Waals surface area contributed by atoms with Crippen LogP contribution < -0.4 is 11.0 Å². The molecule has 1 saturated heterocycles. The highest BCUT2D eigenvalue weighted by Gasteiger charge is 2.28. The first-order valence-electron chi connectivity index (χ1n) is 8.96. The van der Waals surface area contributed by atoms with Gasteiger partial charge >= 0.3 is 5.69 Å². The molecule has 1 aliphatic heterocycles. The molecule has 1 aromatic heterocycles. The van der Waals surface area contributed by atoms with E-state index >= 15 is 0 Å². The summed E-state index contributed by atoms with van der Waals surface area (Å²) in [6.45, 7) is 2.01. The molecular weight excluding hydrogens is 364 g/mol. The molecule has 3 aromatic rings. The topological polar surface area (TPSA) is 59.3 Å². The van der Waals surface area contributed by atoms with Gasteiger partial charge in [0, 0.05) is 31.7 Å². The van der Waals surface area contributed by atoms with Crippen molar-refractivity contribution in [1.29, 1.82) is 0 Å². The van der Waals surface area contributed by atoms with Gasteiger partial charge < -0.3 is 10.2 Å². The number of nitrogens with one attached hydrogen (secondary N) is 1. The smallest absolute Gasteiger partial charge is 0.329 e. The van der Waals surface area contributed by atoms with E-state index in [9.17, 15) is 9.59 Å². The summed E-state index contributed by atoms with van der Waals surface area (Å²) in [5, 5.41) is 3.99. The molecule has 4 rings (SSSR count). The van der Waals surface area contributed by atoms with Gasteiger partial charge in [0.2, 0.25) is 5.91 Å². The number of fused-ring (bicyclic) bond motifs is 1. The Balaban J connectivity index is 1.66. The van der Waals surface area contributed by atoms with Gasteiger partial charge in [-0.15, -0.1) is 0 Å². The zero-order chi connectivity index (χ0) is 19.0. The fourth-order valence-electron chi connectivity index (χ4n) is 3.76. The first-order valence-corrected chi connectivity index (χ1v) is 9.34. The molecule has 2 aromatic carbocycles. The molecule has 27 heavy (non-hydrogen) atoms. The van der Waals surface area contributed by atoms with Gasteiger partial charge in [0.05, 0.1) is 17.1 Å². The molecule has 0 bridgehead atoms. The Morgan fingerprint density at radius 3 is 2.74 bits per heavy atom. The number of amides is 1. The Kier molecular flexibility index (Phi) is 4.76. The van der Waals surface area contributed by atoms with E-state index in [0.29, 0.717) is 18.1 Å². The number of carbonyl (C=O) groups is 1. The van der Waals surface area contributed by atoms with Gasteiger partial charge in [-0.3, -0.25) is 13.9 Å². The quantitative estimate of drug-likeness (QED) is 0.752. The molecule has 0 saturated carbocycles. The monoisotopic (exact) mass is 384 g/mol. The van der Waals surface area contributed by atoms with Gasteiger partial charge in [0.1, 0.15) is 6.54 Å². The number of halogens is 1. The maximum Gasteiger partial charge on any atom is 0.329 e. The van der Waals surface area contributed by atoms with Crippen molar-refractivity contribution in [1.82, 2.24) is 19.4 Å². The number of hydrogen-bond acceptors (Lipinski definition) is 3. The summed E-state index contributed by atoms with van der Waals surface area (Å²) >= 11 is 6.14. The Morgan fingerprint density at radius 2 is 1.96 bits per heavy atom. The number of benzene rings is 2. The normalized spacial score (nSPS) is 17.4. The minimum atomic E-state index is -0.181. The molecule has 2 heterocycles. The van der Waals surface area contributed by atoms with Crippen molar-refractivity contribution >= 4 is 28.5 Å². The average molecular weight is 385 g/mol. The SMILES string of the molecule is Cn1c(=O)n(CC(=O)N2CCNCC2c2cccc(Cl)c2)c2ccccc21. The lowest BCUT2D eigenvalue weighted by atomic mass is 10.0. The summed E-state index contributed by atoms with van der Waals surface area (Å²) in [4.78, 5) is 27.6. The van der Waals surface area contributed by atoms with Gasteiger partial charge in [-0.05, 0) is 29.8 Å². The second kappa shape index (κ2) is 7.21. The van der Waals surface area contributed by atoms with Crippen LogP contribution in [0.1, 0.15) is 11.6 Å². The molecule has 140 valence electrons. The number of aryl methyl sites for hydroxylation is 1. The predicted molar refractivity (Wildman–Crippen MR) is 106 cm³/mol. The number of imidazole rings is 1. The summed E-state index contributed by atoms with van der Waals surface area (Å²) < 4.78 is 3.13. The Hall–Kier alpha value is -2.57. The Labute approximate surface area is 162 Å². The minimum absolute atomic E-state index is 0.0251. The van der Waals surface area contributed by atoms with E-state index in [1.54, 1.807) is 16.2 Å². The van der Waals surface area contributed by atoms with Crippen molar-refractivity contribution in [2.45, 2.75) is 12.6 Å². The van der Waals surface area contributed by atoms with Crippen LogP contribution in [0.5, 0.6) is 0 Å². The fraction of sp³-hybridized carbons (Fsp3) is 0.300. The summed E-state index contributed by atoms with van der Waals surface area (Å²) in [6, 6.07) is 15.0. The average Bonchev–Trinajstić information content (AvgIpc) is 2.93. The van der Waals surface area contributed by atoms with Crippen LogP contribution in [0.15, 0.2) is 53.3 Å². The molecule has 6 nitrogen and oxygen atoms in total. The van der Waals surface area contributed by atoms with Crippen molar-refractivity contribution in [3.05, 3.63) is 69.6 Å². The number of nitrogens with zero attached hydrogens (tertiary/aromatic N) is 3. The maximum absolute atomic E-state index is 13.1. The summed E-state index contributed by atoms with van der Waals surface area (Å²) in [7, 11) is 1.73. The maximum atomic E-state index is 13.1. The molecular formula is C20H21ClN4O2. The largest absolute Gasteiger partial charge is 0.332 e. The number of hydrogen-bond donors (Lipinski definition) is 1. The van der Waals surface area contributed by atoms with Crippen LogP contribution in [-0.4, -0.2) is 39.6 Å². The molecule has 1 atom stereocenters. The van der Waals surface area contributed by atoms with Crippen LogP contribution in [0.4, 0.5) is 0 Å². The van der Waals surface area contributed by atoms with Crippen LogP contribution in [0.3, 0.4) is 0 Å². The van der Waals surface area contributed by atoms with Crippen LogP contribution in [0.25, 0.3) is 11.0 Å². The van der Waals surface area contributed by atoms with Crippen molar-refractivity contribution < 1.29 is 4.79 Å².